The van der Waals surface area contributed by atoms with Crippen molar-refractivity contribution in [1.29, 1.82) is 0 Å². The van der Waals surface area contributed by atoms with Crippen molar-refractivity contribution < 1.29 is 0 Å². The predicted octanol–water partition coefficient (Wildman–Crippen LogP) is 1.67. The second-order valence-corrected chi connectivity index (χ2v) is 4.01. The smallest absolute Gasteiger partial charge is 0.0843 e. The maximum absolute atomic E-state index is 5.41. The van der Waals surface area contributed by atoms with Gasteiger partial charge in [0.2, 0.25) is 0 Å². The molecule has 0 bridgehead atoms. The summed E-state index contributed by atoms with van der Waals surface area (Å²) in [7, 11) is 0. The molecule has 0 aromatic carbocycles. The maximum Gasteiger partial charge on any atom is 0.0843 e. The lowest BCUT2D eigenvalue weighted by molar-refractivity contribution is 0.233. The number of terminal acetylenes is 1. The van der Waals surface area contributed by atoms with Gasteiger partial charge in [0.25, 0.3) is 0 Å². The van der Waals surface area contributed by atoms with Gasteiger partial charge in [-0.25, -0.2) is 5.43 Å². The van der Waals surface area contributed by atoms with Crippen LogP contribution in [-0.4, -0.2) is 6.04 Å². The number of hydrogen-bond acceptors (Lipinski definition) is 2. The Morgan fingerprint density at radius 2 is 2.38 bits per heavy atom. The van der Waals surface area contributed by atoms with Crippen LogP contribution in [0, 0.1) is 24.2 Å². The molecule has 1 rings (SSSR count). The number of nitrogens with two attached hydrogens (primary N) is 1. The lowest BCUT2D eigenvalue weighted by Crippen LogP contribution is -2.41. The molecule has 74 valence electrons. The Morgan fingerprint density at radius 3 is 2.92 bits per heavy atom. The summed E-state index contributed by atoms with van der Waals surface area (Å²) in [5.74, 6) is 9.59. The van der Waals surface area contributed by atoms with Crippen LogP contribution in [0.2, 0.25) is 0 Å². The number of rotatable bonds is 3. The van der Waals surface area contributed by atoms with Crippen LogP contribution in [-0.2, 0) is 0 Å². The highest BCUT2D eigenvalue weighted by Crippen LogP contribution is 2.32. The molecule has 13 heavy (non-hydrogen) atoms. The van der Waals surface area contributed by atoms with Crippen LogP contribution in [0.1, 0.15) is 39.0 Å². The van der Waals surface area contributed by atoms with Crippen molar-refractivity contribution in [2.45, 2.75) is 45.1 Å². The number of hydrogen-bond donors (Lipinski definition) is 2. The second-order valence-electron chi connectivity index (χ2n) is 4.01. The number of hydrazine groups is 1. The van der Waals surface area contributed by atoms with Crippen LogP contribution in [0.4, 0.5) is 0 Å². The minimum atomic E-state index is 0.0781. The van der Waals surface area contributed by atoms with Crippen LogP contribution in [0.5, 0.6) is 0 Å². The van der Waals surface area contributed by atoms with E-state index in [0.717, 1.165) is 5.92 Å². The van der Waals surface area contributed by atoms with E-state index in [4.69, 9.17) is 12.3 Å². The Morgan fingerprint density at radius 1 is 1.62 bits per heavy atom. The summed E-state index contributed by atoms with van der Waals surface area (Å²) in [5, 5.41) is 0. The van der Waals surface area contributed by atoms with Crippen LogP contribution in [0.3, 0.4) is 0 Å². The molecule has 2 heteroatoms. The first-order valence-corrected chi connectivity index (χ1v) is 5.24. The molecule has 0 aromatic heterocycles. The molecule has 3 N–H and O–H groups in total. The van der Waals surface area contributed by atoms with E-state index in [1.807, 2.05) is 0 Å². The molecule has 1 saturated carbocycles. The molecule has 0 saturated heterocycles. The molecule has 1 aliphatic rings. The molecule has 3 atom stereocenters. The molecule has 0 heterocycles. The summed E-state index contributed by atoms with van der Waals surface area (Å²) >= 11 is 0. The molecule has 0 radical (unpaired) electrons. The quantitative estimate of drug-likeness (QED) is 0.394. The average Bonchev–Trinajstić information content (AvgIpc) is 2.20. The first-order chi connectivity index (χ1) is 6.31. The maximum atomic E-state index is 5.41. The van der Waals surface area contributed by atoms with Crippen LogP contribution >= 0.6 is 0 Å². The molecule has 0 spiro atoms. The monoisotopic (exact) mass is 180 g/mol. The van der Waals surface area contributed by atoms with Gasteiger partial charge in [0.1, 0.15) is 0 Å². The van der Waals surface area contributed by atoms with Crippen LogP contribution in [0.25, 0.3) is 0 Å². The summed E-state index contributed by atoms with van der Waals surface area (Å²) in [6.07, 6.45) is 11.8. The largest absolute Gasteiger partial charge is 0.270 e. The SMILES string of the molecule is C#CC(NN)C1CCCC(CC)C1. The Bertz CT molecular complexity index is 183. The molecular weight excluding hydrogens is 160 g/mol. The summed E-state index contributed by atoms with van der Waals surface area (Å²) < 4.78 is 0. The van der Waals surface area contributed by atoms with E-state index in [0.29, 0.717) is 5.92 Å². The van der Waals surface area contributed by atoms with Gasteiger partial charge >= 0.3 is 0 Å². The molecule has 0 aliphatic heterocycles. The zero-order chi connectivity index (χ0) is 9.68. The third-order valence-electron chi connectivity index (χ3n) is 3.23. The lowest BCUT2D eigenvalue weighted by atomic mass is 9.77. The molecule has 3 unspecified atom stereocenters. The van der Waals surface area contributed by atoms with Gasteiger partial charge in [-0.3, -0.25) is 5.84 Å². The molecule has 0 amide bonds. The predicted molar refractivity (Wildman–Crippen MR) is 55.7 cm³/mol. The van der Waals surface area contributed by atoms with Gasteiger partial charge in [-0.2, -0.15) is 0 Å². The van der Waals surface area contributed by atoms with Crippen molar-refractivity contribution in [2.75, 3.05) is 0 Å². The molecular formula is C11H20N2. The molecule has 1 fully saturated rings. The van der Waals surface area contributed by atoms with Gasteiger partial charge in [-0.1, -0.05) is 32.1 Å². The van der Waals surface area contributed by atoms with Crippen molar-refractivity contribution in [3.63, 3.8) is 0 Å². The fourth-order valence-corrected chi connectivity index (χ4v) is 2.33. The highest BCUT2D eigenvalue weighted by Gasteiger charge is 2.25. The summed E-state index contributed by atoms with van der Waals surface area (Å²) in [4.78, 5) is 0. The molecule has 0 aromatic rings. The number of nitrogens with one attached hydrogen (secondary N) is 1. The van der Waals surface area contributed by atoms with E-state index in [2.05, 4.69) is 18.3 Å². The Hall–Kier alpha value is -0.520. The van der Waals surface area contributed by atoms with Crippen molar-refractivity contribution in [1.82, 2.24) is 5.43 Å². The Balaban J connectivity index is 2.46. The van der Waals surface area contributed by atoms with E-state index in [9.17, 15) is 0 Å². The first kappa shape index (κ1) is 10.6. The van der Waals surface area contributed by atoms with Gasteiger partial charge in [0.15, 0.2) is 0 Å². The van der Waals surface area contributed by atoms with Crippen LogP contribution < -0.4 is 11.3 Å². The van der Waals surface area contributed by atoms with Crippen LogP contribution in [0.15, 0.2) is 0 Å². The summed E-state index contributed by atoms with van der Waals surface area (Å²) in [5.41, 5.74) is 2.73. The van der Waals surface area contributed by atoms with E-state index < -0.39 is 0 Å². The van der Waals surface area contributed by atoms with Gasteiger partial charge in [0.05, 0.1) is 6.04 Å². The molecule has 1 aliphatic carbocycles. The minimum absolute atomic E-state index is 0.0781. The first-order valence-electron chi connectivity index (χ1n) is 5.24. The van der Waals surface area contributed by atoms with Gasteiger partial charge in [-0.05, 0) is 24.7 Å². The second kappa shape index (κ2) is 5.26. The van der Waals surface area contributed by atoms with E-state index in [1.54, 1.807) is 0 Å². The zero-order valence-electron chi connectivity index (χ0n) is 8.42. The average molecular weight is 180 g/mol. The highest BCUT2D eigenvalue weighted by atomic mass is 15.2. The van der Waals surface area contributed by atoms with Crippen molar-refractivity contribution in [2.24, 2.45) is 17.7 Å². The lowest BCUT2D eigenvalue weighted by Gasteiger charge is -2.31. The summed E-state index contributed by atoms with van der Waals surface area (Å²) in [6, 6.07) is 0.0781. The minimum Gasteiger partial charge on any atom is -0.270 e. The van der Waals surface area contributed by atoms with Gasteiger partial charge in [0, 0.05) is 0 Å². The molecule has 2 nitrogen and oxygen atoms in total. The fourth-order valence-electron chi connectivity index (χ4n) is 2.33. The van der Waals surface area contributed by atoms with Gasteiger partial charge < -0.3 is 0 Å². The standard InChI is InChI=1S/C11H20N2/c1-3-9-6-5-7-10(8-9)11(4-2)13-12/h2,9-11,13H,3,5-8,12H2,1H3. The fraction of sp³-hybridized carbons (Fsp3) is 0.818. The third kappa shape index (κ3) is 2.72. The Labute approximate surface area is 81.2 Å². The van der Waals surface area contributed by atoms with Crippen molar-refractivity contribution in [3.05, 3.63) is 0 Å². The van der Waals surface area contributed by atoms with Crippen molar-refractivity contribution >= 4 is 0 Å². The zero-order valence-corrected chi connectivity index (χ0v) is 8.42. The normalized spacial score (nSPS) is 30.8. The van der Waals surface area contributed by atoms with E-state index >= 15 is 0 Å². The van der Waals surface area contributed by atoms with E-state index in [1.165, 1.54) is 32.1 Å². The summed E-state index contributed by atoms with van der Waals surface area (Å²) in [6.45, 7) is 2.26. The highest BCUT2D eigenvalue weighted by molar-refractivity contribution is 5.02. The Kier molecular flexibility index (Phi) is 4.27. The topological polar surface area (TPSA) is 38.0 Å². The van der Waals surface area contributed by atoms with Crippen molar-refractivity contribution in [3.8, 4) is 12.3 Å². The van der Waals surface area contributed by atoms with E-state index in [-0.39, 0.29) is 6.04 Å². The van der Waals surface area contributed by atoms with Gasteiger partial charge in [-0.15, -0.1) is 6.42 Å². The third-order valence-corrected chi connectivity index (χ3v) is 3.23.